The Bertz CT molecular complexity index is 330. The lowest BCUT2D eigenvalue weighted by atomic mass is 10.1. The second-order valence-corrected chi connectivity index (χ2v) is 5.93. The van der Waals surface area contributed by atoms with E-state index in [2.05, 4.69) is 18.8 Å². The molecule has 0 amide bonds. The minimum Gasteiger partial charge on any atom is -0.463 e. The molecule has 0 aromatic heterocycles. The predicted octanol–water partition coefficient (Wildman–Crippen LogP) is 2.22. The zero-order valence-corrected chi connectivity index (χ0v) is 11.3. The van der Waals surface area contributed by atoms with E-state index in [1.807, 2.05) is 0 Å². The fraction of sp³-hybridized carbons (Fsp3) is 0.833. The zero-order valence-electron chi connectivity index (χ0n) is 10.5. The molecule has 0 aliphatic carbocycles. The van der Waals surface area contributed by atoms with Gasteiger partial charge in [0, 0.05) is 12.8 Å². The van der Waals surface area contributed by atoms with Gasteiger partial charge in [-0.25, -0.2) is 0 Å². The number of fused-ring (bicyclic) bond motifs is 1. The minimum atomic E-state index is -0.242. The Kier molecular flexibility index (Phi) is 4.09. The number of rotatable bonds is 3. The SMILES string of the molecule is CC(=O)OC[C@H]1CC[C@H]2N=C(C(C)C)S[C@H]2O1. The van der Waals surface area contributed by atoms with Crippen molar-refractivity contribution >= 4 is 22.8 Å². The summed E-state index contributed by atoms with van der Waals surface area (Å²) in [6.45, 7) is 6.10. The molecule has 4 nitrogen and oxygen atoms in total. The normalized spacial score (nSPS) is 32.2. The van der Waals surface area contributed by atoms with Gasteiger partial charge in [-0.05, 0) is 12.8 Å². The summed E-state index contributed by atoms with van der Waals surface area (Å²) in [5.41, 5.74) is 0.127. The lowest BCUT2D eigenvalue weighted by Gasteiger charge is -2.30. The summed E-state index contributed by atoms with van der Waals surface area (Å²) < 4.78 is 10.9. The standard InChI is InChI=1S/C12H19NO3S/c1-7(2)11-13-10-5-4-9(6-15-8(3)14)16-12(10)17-11/h7,9-10,12H,4-6H2,1-3H3/t9-,10-,12-/m1/s1. The summed E-state index contributed by atoms with van der Waals surface area (Å²) in [5, 5.41) is 1.19. The molecule has 2 aliphatic rings. The third kappa shape index (κ3) is 3.22. The van der Waals surface area contributed by atoms with Crippen LogP contribution in [0.3, 0.4) is 0 Å². The third-order valence-corrected chi connectivity index (χ3v) is 4.40. The van der Waals surface area contributed by atoms with Crippen LogP contribution in [0.1, 0.15) is 33.6 Å². The van der Waals surface area contributed by atoms with E-state index in [0.717, 1.165) is 12.8 Å². The molecule has 0 unspecified atom stereocenters. The summed E-state index contributed by atoms with van der Waals surface area (Å²) in [4.78, 5) is 15.4. The van der Waals surface area contributed by atoms with Crippen LogP contribution < -0.4 is 0 Å². The molecule has 2 aliphatic heterocycles. The van der Waals surface area contributed by atoms with Gasteiger partial charge in [0.25, 0.3) is 0 Å². The molecule has 0 aromatic rings. The van der Waals surface area contributed by atoms with Crippen LogP contribution in [0.4, 0.5) is 0 Å². The molecule has 0 spiro atoms. The number of hydrogen-bond acceptors (Lipinski definition) is 5. The van der Waals surface area contributed by atoms with Gasteiger partial charge < -0.3 is 9.47 Å². The van der Waals surface area contributed by atoms with Crippen molar-refractivity contribution in [2.75, 3.05) is 6.61 Å². The number of hydrogen-bond donors (Lipinski definition) is 0. The number of aliphatic imine (C=N–C) groups is 1. The monoisotopic (exact) mass is 257 g/mol. The van der Waals surface area contributed by atoms with Crippen LogP contribution in [-0.2, 0) is 14.3 Å². The van der Waals surface area contributed by atoms with Crippen LogP contribution >= 0.6 is 11.8 Å². The van der Waals surface area contributed by atoms with Crippen molar-refractivity contribution in [3.8, 4) is 0 Å². The highest BCUT2D eigenvalue weighted by atomic mass is 32.2. The molecule has 17 heavy (non-hydrogen) atoms. The largest absolute Gasteiger partial charge is 0.463 e. The van der Waals surface area contributed by atoms with E-state index >= 15 is 0 Å². The van der Waals surface area contributed by atoms with Crippen LogP contribution in [0.5, 0.6) is 0 Å². The van der Waals surface area contributed by atoms with E-state index in [0.29, 0.717) is 18.6 Å². The topological polar surface area (TPSA) is 47.9 Å². The minimum absolute atomic E-state index is 0.0364. The summed E-state index contributed by atoms with van der Waals surface area (Å²) >= 11 is 1.73. The lowest BCUT2D eigenvalue weighted by molar-refractivity contribution is -0.147. The first-order chi connectivity index (χ1) is 8.06. The molecule has 96 valence electrons. The van der Waals surface area contributed by atoms with Crippen molar-refractivity contribution in [3.63, 3.8) is 0 Å². The van der Waals surface area contributed by atoms with Crippen molar-refractivity contribution in [1.29, 1.82) is 0 Å². The maximum atomic E-state index is 10.7. The Hall–Kier alpha value is -0.550. The highest BCUT2D eigenvalue weighted by molar-refractivity contribution is 8.14. The zero-order chi connectivity index (χ0) is 12.4. The number of carbonyl (C=O) groups is 1. The number of esters is 1. The summed E-state index contributed by atoms with van der Waals surface area (Å²) in [6.07, 6.45) is 1.98. The Morgan fingerprint density at radius 2 is 2.35 bits per heavy atom. The Labute approximate surface area is 106 Å². The average Bonchev–Trinajstić information content (AvgIpc) is 2.69. The third-order valence-electron chi connectivity index (χ3n) is 2.92. The van der Waals surface area contributed by atoms with Crippen molar-refractivity contribution in [2.45, 2.75) is 51.2 Å². The van der Waals surface area contributed by atoms with Gasteiger partial charge in [0.1, 0.15) is 12.0 Å². The van der Waals surface area contributed by atoms with Crippen LogP contribution in [0.25, 0.3) is 0 Å². The average molecular weight is 257 g/mol. The summed E-state index contributed by atoms with van der Waals surface area (Å²) in [6, 6.07) is 0.297. The first-order valence-corrected chi connectivity index (χ1v) is 6.97. The molecule has 2 rings (SSSR count). The van der Waals surface area contributed by atoms with Crippen molar-refractivity contribution in [2.24, 2.45) is 10.9 Å². The predicted molar refractivity (Wildman–Crippen MR) is 68.2 cm³/mol. The smallest absolute Gasteiger partial charge is 0.302 e. The maximum Gasteiger partial charge on any atom is 0.302 e. The van der Waals surface area contributed by atoms with Crippen LogP contribution in [-0.4, -0.2) is 35.2 Å². The number of carbonyl (C=O) groups excluding carboxylic acids is 1. The molecule has 0 bridgehead atoms. The van der Waals surface area contributed by atoms with Gasteiger partial charge in [0.05, 0.1) is 17.2 Å². The molecule has 5 heteroatoms. The molecule has 0 N–H and O–H groups in total. The van der Waals surface area contributed by atoms with E-state index in [1.165, 1.54) is 12.0 Å². The van der Waals surface area contributed by atoms with Gasteiger partial charge in [-0.2, -0.15) is 0 Å². The molecule has 0 saturated carbocycles. The lowest BCUT2D eigenvalue weighted by Crippen LogP contribution is -2.36. The van der Waals surface area contributed by atoms with Gasteiger partial charge in [-0.15, -0.1) is 0 Å². The summed E-state index contributed by atoms with van der Waals surface area (Å²) in [5.74, 6) is 0.232. The molecule has 1 saturated heterocycles. The van der Waals surface area contributed by atoms with Crippen molar-refractivity contribution in [1.82, 2.24) is 0 Å². The fourth-order valence-electron chi connectivity index (χ4n) is 2.00. The van der Waals surface area contributed by atoms with E-state index in [1.54, 1.807) is 11.8 Å². The molecule has 2 heterocycles. The second kappa shape index (κ2) is 5.40. The van der Waals surface area contributed by atoms with Crippen LogP contribution in [0.2, 0.25) is 0 Å². The van der Waals surface area contributed by atoms with Crippen LogP contribution in [0, 0.1) is 5.92 Å². The molecule has 3 atom stereocenters. The van der Waals surface area contributed by atoms with Gasteiger partial charge in [0.2, 0.25) is 0 Å². The van der Waals surface area contributed by atoms with Gasteiger partial charge in [-0.1, -0.05) is 25.6 Å². The van der Waals surface area contributed by atoms with E-state index in [-0.39, 0.29) is 17.5 Å². The highest BCUT2D eigenvalue weighted by Crippen LogP contribution is 2.37. The van der Waals surface area contributed by atoms with Gasteiger partial charge in [-0.3, -0.25) is 9.79 Å². The first kappa shape index (κ1) is 12.9. The van der Waals surface area contributed by atoms with E-state index in [9.17, 15) is 4.79 Å². The van der Waals surface area contributed by atoms with E-state index < -0.39 is 0 Å². The Morgan fingerprint density at radius 1 is 1.59 bits per heavy atom. The van der Waals surface area contributed by atoms with Gasteiger partial charge in [0.15, 0.2) is 0 Å². The Morgan fingerprint density at radius 3 is 3.00 bits per heavy atom. The first-order valence-electron chi connectivity index (χ1n) is 6.09. The fourth-order valence-corrected chi connectivity index (χ4v) is 3.28. The molecule has 0 aromatic carbocycles. The van der Waals surface area contributed by atoms with Crippen LogP contribution in [0.15, 0.2) is 4.99 Å². The quantitative estimate of drug-likeness (QED) is 0.727. The van der Waals surface area contributed by atoms with E-state index in [4.69, 9.17) is 9.47 Å². The Balaban J connectivity index is 1.84. The van der Waals surface area contributed by atoms with Gasteiger partial charge >= 0.3 is 5.97 Å². The molecular formula is C12H19NO3S. The molecule has 0 radical (unpaired) electrons. The van der Waals surface area contributed by atoms with Crippen molar-refractivity contribution in [3.05, 3.63) is 0 Å². The number of ether oxygens (including phenoxy) is 2. The van der Waals surface area contributed by atoms with Crippen molar-refractivity contribution < 1.29 is 14.3 Å². The maximum absolute atomic E-state index is 10.7. The number of thioether (sulfide) groups is 1. The molecule has 1 fully saturated rings. The number of nitrogens with zero attached hydrogens (tertiary/aromatic N) is 1. The summed E-state index contributed by atoms with van der Waals surface area (Å²) in [7, 11) is 0. The molecular weight excluding hydrogens is 238 g/mol. The highest BCUT2D eigenvalue weighted by Gasteiger charge is 2.37. The second-order valence-electron chi connectivity index (χ2n) is 4.81.